The molecular formula is C14H17N3S. The van der Waals surface area contributed by atoms with E-state index < -0.39 is 0 Å². The minimum atomic E-state index is 0.701. The monoisotopic (exact) mass is 259 g/mol. The smallest absolute Gasteiger partial charge is 0.0998 e. The van der Waals surface area contributed by atoms with Crippen molar-refractivity contribution >= 4 is 11.3 Å². The van der Waals surface area contributed by atoms with Crippen molar-refractivity contribution in [1.82, 2.24) is 15.3 Å². The predicted molar refractivity (Wildman–Crippen MR) is 74.7 cm³/mol. The van der Waals surface area contributed by atoms with Crippen molar-refractivity contribution in [1.29, 1.82) is 0 Å². The molecule has 1 atom stereocenters. The third-order valence-electron chi connectivity index (χ3n) is 3.35. The minimum Gasteiger partial charge on any atom is -0.314 e. The molecule has 0 aliphatic carbocycles. The van der Waals surface area contributed by atoms with E-state index in [9.17, 15) is 0 Å². The maximum atomic E-state index is 4.67. The van der Waals surface area contributed by atoms with E-state index in [0.717, 1.165) is 17.8 Å². The fourth-order valence-electron chi connectivity index (χ4n) is 2.36. The van der Waals surface area contributed by atoms with Gasteiger partial charge in [-0.15, -0.1) is 11.3 Å². The van der Waals surface area contributed by atoms with Crippen LogP contribution in [-0.2, 0) is 6.42 Å². The number of aryl methyl sites for hydroxylation is 1. The molecule has 3 nitrogen and oxygen atoms in total. The highest BCUT2D eigenvalue weighted by atomic mass is 32.1. The first kappa shape index (κ1) is 11.8. The first-order chi connectivity index (χ1) is 8.92. The molecule has 18 heavy (non-hydrogen) atoms. The van der Waals surface area contributed by atoms with Gasteiger partial charge in [-0.1, -0.05) is 6.07 Å². The highest BCUT2D eigenvalue weighted by molar-refractivity contribution is 7.09. The summed E-state index contributed by atoms with van der Waals surface area (Å²) in [4.78, 5) is 9.00. The third-order valence-corrected chi connectivity index (χ3v) is 4.26. The van der Waals surface area contributed by atoms with Gasteiger partial charge in [0.1, 0.15) is 0 Å². The standard InChI is InChI=1S/C14H17N3S/c1-2-8-16-12(5-1)13-10-18-14(17-13)7-6-11-4-3-9-15-11/h1-2,5,8,10-11,15H,3-4,6-7,9H2. The SMILES string of the molecule is c1ccc(-c2csc(CCC3CCCN3)n2)nc1. The van der Waals surface area contributed by atoms with Gasteiger partial charge in [0, 0.05) is 24.0 Å². The average Bonchev–Trinajstić information content (AvgIpc) is 3.09. The van der Waals surface area contributed by atoms with Crippen molar-refractivity contribution in [2.24, 2.45) is 0 Å². The Kier molecular flexibility index (Phi) is 3.67. The number of pyridine rings is 1. The molecule has 0 aromatic carbocycles. The van der Waals surface area contributed by atoms with Crippen LogP contribution in [0.2, 0.25) is 0 Å². The van der Waals surface area contributed by atoms with Crippen LogP contribution in [0.3, 0.4) is 0 Å². The van der Waals surface area contributed by atoms with Crippen LogP contribution in [0.25, 0.3) is 11.4 Å². The number of aromatic nitrogens is 2. The average molecular weight is 259 g/mol. The molecule has 1 aliphatic heterocycles. The van der Waals surface area contributed by atoms with Crippen LogP contribution in [0.5, 0.6) is 0 Å². The quantitative estimate of drug-likeness (QED) is 0.917. The van der Waals surface area contributed by atoms with Gasteiger partial charge in [-0.05, 0) is 37.9 Å². The molecule has 2 aromatic rings. The minimum absolute atomic E-state index is 0.701. The van der Waals surface area contributed by atoms with Crippen LogP contribution >= 0.6 is 11.3 Å². The summed E-state index contributed by atoms with van der Waals surface area (Å²) in [5.74, 6) is 0. The van der Waals surface area contributed by atoms with Crippen LogP contribution in [0.1, 0.15) is 24.3 Å². The van der Waals surface area contributed by atoms with Crippen LogP contribution in [0, 0.1) is 0 Å². The van der Waals surface area contributed by atoms with E-state index in [1.165, 1.54) is 30.8 Å². The van der Waals surface area contributed by atoms with E-state index in [1.807, 2.05) is 24.4 Å². The molecule has 0 radical (unpaired) electrons. The van der Waals surface area contributed by atoms with Crippen LogP contribution < -0.4 is 5.32 Å². The number of nitrogens with zero attached hydrogens (tertiary/aromatic N) is 2. The Hall–Kier alpha value is -1.26. The highest BCUT2D eigenvalue weighted by Crippen LogP contribution is 2.21. The summed E-state index contributed by atoms with van der Waals surface area (Å²) >= 11 is 1.75. The molecule has 4 heteroatoms. The summed E-state index contributed by atoms with van der Waals surface area (Å²) in [5.41, 5.74) is 1.98. The van der Waals surface area contributed by atoms with Gasteiger partial charge in [0.15, 0.2) is 0 Å². The van der Waals surface area contributed by atoms with Gasteiger partial charge in [-0.3, -0.25) is 4.98 Å². The molecule has 1 unspecified atom stereocenters. The van der Waals surface area contributed by atoms with Gasteiger partial charge in [0.25, 0.3) is 0 Å². The van der Waals surface area contributed by atoms with Gasteiger partial charge in [0.05, 0.1) is 16.4 Å². The van der Waals surface area contributed by atoms with Gasteiger partial charge < -0.3 is 5.32 Å². The second-order valence-corrected chi connectivity index (χ2v) is 5.62. The first-order valence-electron chi connectivity index (χ1n) is 6.51. The van der Waals surface area contributed by atoms with Gasteiger partial charge in [-0.2, -0.15) is 0 Å². The second kappa shape index (κ2) is 5.59. The van der Waals surface area contributed by atoms with Crippen molar-refractivity contribution in [3.05, 3.63) is 34.8 Å². The van der Waals surface area contributed by atoms with Gasteiger partial charge in [-0.25, -0.2) is 4.98 Å². The third kappa shape index (κ3) is 2.76. The molecular weight excluding hydrogens is 242 g/mol. The summed E-state index contributed by atoms with van der Waals surface area (Å²) in [6, 6.07) is 6.65. The van der Waals surface area contributed by atoms with E-state index in [4.69, 9.17) is 0 Å². The van der Waals surface area contributed by atoms with Gasteiger partial charge in [0.2, 0.25) is 0 Å². The Bertz CT molecular complexity index is 489. The zero-order valence-corrected chi connectivity index (χ0v) is 11.1. The number of thiazole rings is 1. The number of nitrogens with one attached hydrogen (secondary N) is 1. The fourth-order valence-corrected chi connectivity index (χ4v) is 3.17. The lowest BCUT2D eigenvalue weighted by atomic mass is 10.1. The second-order valence-electron chi connectivity index (χ2n) is 4.67. The molecule has 0 amide bonds. The van der Waals surface area contributed by atoms with Crippen molar-refractivity contribution in [2.45, 2.75) is 31.7 Å². The lowest BCUT2D eigenvalue weighted by Crippen LogP contribution is -2.21. The molecule has 0 bridgehead atoms. The van der Waals surface area contributed by atoms with E-state index >= 15 is 0 Å². The maximum Gasteiger partial charge on any atom is 0.0998 e. The lowest BCUT2D eigenvalue weighted by molar-refractivity contribution is 0.558. The summed E-state index contributed by atoms with van der Waals surface area (Å²) < 4.78 is 0. The van der Waals surface area contributed by atoms with Gasteiger partial charge >= 0.3 is 0 Å². The largest absolute Gasteiger partial charge is 0.314 e. The lowest BCUT2D eigenvalue weighted by Gasteiger charge is -2.07. The Morgan fingerprint density at radius 3 is 3.11 bits per heavy atom. The normalized spacial score (nSPS) is 19.2. The number of hydrogen-bond donors (Lipinski definition) is 1. The maximum absolute atomic E-state index is 4.67. The van der Waals surface area contributed by atoms with E-state index in [0.29, 0.717) is 6.04 Å². The Balaban J connectivity index is 1.63. The molecule has 1 saturated heterocycles. The Morgan fingerprint density at radius 1 is 1.33 bits per heavy atom. The first-order valence-corrected chi connectivity index (χ1v) is 7.39. The molecule has 1 N–H and O–H groups in total. The van der Waals surface area contributed by atoms with Crippen molar-refractivity contribution in [3.63, 3.8) is 0 Å². The molecule has 1 aliphatic rings. The molecule has 2 aromatic heterocycles. The number of rotatable bonds is 4. The molecule has 94 valence electrons. The molecule has 0 saturated carbocycles. The summed E-state index contributed by atoms with van der Waals surface area (Å²) in [6.07, 6.45) is 6.74. The Morgan fingerprint density at radius 2 is 2.33 bits per heavy atom. The van der Waals surface area contributed by atoms with E-state index in [1.54, 1.807) is 11.3 Å². The summed E-state index contributed by atoms with van der Waals surface area (Å²) in [7, 11) is 0. The van der Waals surface area contributed by atoms with Crippen molar-refractivity contribution in [2.75, 3.05) is 6.54 Å². The molecule has 1 fully saturated rings. The topological polar surface area (TPSA) is 37.8 Å². The van der Waals surface area contributed by atoms with E-state index in [-0.39, 0.29) is 0 Å². The van der Waals surface area contributed by atoms with Crippen molar-refractivity contribution in [3.8, 4) is 11.4 Å². The van der Waals surface area contributed by atoms with Crippen molar-refractivity contribution < 1.29 is 0 Å². The number of hydrogen-bond acceptors (Lipinski definition) is 4. The van der Waals surface area contributed by atoms with Crippen LogP contribution in [0.15, 0.2) is 29.8 Å². The summed E-state index contributed by atoms with van der Waals surface area (Å²) in [6.45, 7) is 1.18. The zero-order chi connectivity index (χ0) is 12.2. The van der Waals surface area contributed by atoms with Crippen LogP contribution in [-0.4, -0.2) is 22.6 Å². The highest BCUT2D eigenvalue weighted by Gasteiger charge is 2.14. The Labute approximate surface area is 111 Å². The van der Waals surface area contributed by atoms with E-state index in [2.05, 4.69) is 20.7 Å². The van der Waals surface area contributed by atoms with Crippen LogP contribution in [0.4, 0.5) is 0 Å². The zero-order valence-electron chi connectivity index (χ0n) is 10.3. The molecule has 0 spiro atoms. The fraction of sp³-hybridized carbons (Fsp3) is 0.429. The molecule has 3 rings (SSSR count). The predicted octanol–water partition coefficient (Wildman–Crippen LogP) is 2.89. The summed E-state index contributed by atoms with van der Waals surface area (Å²) in [5, 5.41) is 6.87. The molecule has 3 heterocycles.